The SMILES string of the molecule is COc1ccc(/C(C)=N/Nc2ccc(C)cc2)c(O)c1. The van der Waals surface area contributed by atoms with Crippen LogP contribution in [-0.2, 0) is 0 Å². The van der Waals surface area contributed by atoms with E-state index in [-0.39, 0.29) is 5.75 Å². The van der Waals surface area contributed by atoms with Crippen LogP contribution < -0.4 is 10.2 Å². The third kappa shape index (κ3) is 3.29. The number of aryl methyl sites for hydroxylation is 1. The van der Waals surface area contributed by atoms with Crippen molar-refractivity contribution >= 4 is 11.4 Å². The van der Waals surface area contributed by atoms with Crippen molar-refractivity contribution in [3.05, 3.63) is 53.6 Å². The number of methoxy groups -OCH3 is 1. The molecule has 0 aliphatic heterocycles. The highest BCUT2D eigenvalue weighted by Gasteiger charge is 2.06. The Hall–Kier alpha value is -2.49. The van der Waals surface area contributed by atoms with Gasteiger partial charge in [0.2, 0.25) is 0 Å². The first-order chi connectivity index (χ1) is 9.60. The third-order valence-electron chi connectivity index (χ3n) is 3.00. The van der Waals surface area contributed by atoms with Crippen LogP contribution in [0.15, 0.2) is 47.6 Å². The average Bonchev–Trinajstić information content (AvgIpc) is 2.46. The predicted octanol–water partition coefficient (Wildman–Crippen LogP) is 3.55. The van der Waals surface area contributed by atoms with Gasteiger partial charge in [-0.25, -0.2) is 0 Å². The Kier molecular flexibility index (Phi) is 4.25. The molecule has 4 nitrogen and oxygen atoms in total. The highest BCUT2D eigenvalue weighted by atomic mass is 16.5. The van der Waals surface area contributed by atoms with Crippen molar-refractivity contribution in [3.63, 3.8) is 0 Å². The molecule has 0 bridgehead atoms. The molecule has 4 heteroatoms. The quantitative estimate of drug-likeness (QED) is 0.660. The number of phenolic OH excluding ortho intramolecular Hbond substituents is 1. The maximum atomic E-state index is 9.94. The first-order valence-electron chi connectivity index (χ1n) is 6.34. The molecular formula is C16H18N2O2. The summed E-state index contributed by atoms with van der Waals surface area (Å²) in [5.74, 6) is 0.766. The molecular weight excluding hydrogens is 252 g/mol. The van der Waals surface area contributed by atoms with Gasteiger partial charge in [-0.3, -0.25) is 5.43 Å². The first kappa shape index (κ1) is 13.9. The topological polar surface area (TPSA) is 53.8 Å². The van der Waals surface area contributed by atoms with Gasteiger partial charge in [-0.15, -0.1) is 0 Å². The van der Waals surface area contributed by atoms with E-state index in [1.807, 2.05) is 38.1 Å². The van der Waals surface area contributed by atoms with E-state index in [0.29, 0.717) is 17.0 Å². The van der Waals surface area contributed by atoms with E-state index in [9.17, 15) is 5.11 Å². The Morgan fingerprint density at radius 1 is 1.15 bits per heavy atom. The number of nitrogens with one attached hydrogen (secondary N) is 1. The van der Waals surface area contributed by atoms with Gasteiger partial charge in [0.25, 0.3) is 0 Å². The van der Waals surface area contributed by atoms with Crippen molar-refractivity contribution in [1.82, 2.24) is 0 Å². The lowest BCUT2D eigenvalue weighted by molar-refractivity contribution is 0.407. The molecule has 0 spiro atoms. The van der Waals surface area contributed by atoms with Crippen molar-refractivity contribution < 1.29 is 9.84 Å². The summed E-state index contributed by atoms with van der Waals surface area (Å²) in [7, 11) is 1.56. The van der Waals surface area contributed by atoms with Crippen LogP contribution in [0, 0.1) is 6.92 Å². The molecule has 0 aromatic heterocycles. The van der Waals surface area contributed by atoms with Crippen LogP contribution in [0.25, 0.3) is 0 Å². The van der Waals surface area contributed by atoms with Gasteiger partial charge in [0.15, 0.2) is 0 Å². The van der Waals surface area contributed by atoms with Gasteiger partial charge in [-0.1, -0.05) is 17.7 Å². The second kappa shape index (κ2) is 6.10. The highest BCUT2D eigenvalue weighted by Crippen LogP contribution is 2.24. The summed E-state index contributed by atoms with van der Waals surface area (Å²) in [6.07, 6.45) is 0. The van der Waals surface area contributed by atoms with Gasteiger partial charge >= 0.3 is 0 Å². The highest BCUT2D eigenvalue weighted by molar-refractivity contribution is 6.01. The maximum Gasteiger partial charge on any atom is 0.128 e. The van der Waals surface area contributed by atoms with Crippen molar-refractivity contribution in [1.29, 1.82) is 0 Å². The molecule has 0 aliphatic rings. The number of rotatable bonds is 4. The summed E-state index contributed by atoms with van der Waals surface area (Å²) in [4.78, 5) is 0. The fraction of sp³-hybridized carbons (Fsp3) is 0.188. The first-order valence-corrected chi connectivity index (χ1v) is 6.34. The molecule has 2 rings (SSSR count). The normalized spacial score (nSPS) is 11.2. The van der Waals surface area contributed by atoms with Crippen LogP contribution in [0.1, 0.15) is 18.1 Å². The Bertz CT molecular complexity index is 619. The molecule has 0 atom stereocenters. The number of ether oxygens (including phenoxy) is 1. The van der Waals surface area contributed by atoms with E-state index in [1.54, 1.807) is 25.3 Å². The number of benzene rings is 2. The van der Waals surface area contributed by atoms with E-state index in [4.69, 9.17) is 4.74 Å². The third-order valence-corrected chi connectivity index (χ3v) is 3.00. The average molecular weight is 270 g/mol. The van der Waals surface area contributed by atoms with Gasteiger partial charge in [0.1, 0.15) is 11.5 Å². The van der Waals surface area contributed by atoms with Crippen LogP contribution in [0.2, 0.25) is 0 Å². The molecule has 2 aromatic rings. The molecule has 20 heavy (non-hydrogen) atoms. The van der Waals surface area contributed by atoms with Gasteiger partial charge in [0.05, 0.1) is 18.5 Å². The maximum absolute atomic E-state index is 9.94. The number of hydrogen-bond donors (Lipinski definition) is 2. The number of hydrazone groups is 1. The van der Waals surface area contributed by atoms with E-state index >= 15 is 0 Å². The van der Waals surface area contributed by atoms with Crippen LogP contribution >= 0.6 is 0 Å². The fourth-order valence-corrected chi connectivity index (χ4v) is 1.78. The van der Waals surface area contributed by atoms with Gasteiger partial charge in [-0.05, 0) is 38.1 Å². The molecule has 0 amide bonds. The molecule has 0 fully saturated rings. The van der Waals surface area contributed by atoms with Crippen LogP contribution in [0.3, 0.4) is 0 Å². The Morgan fingerprint density at radius 3 is 2.45 bits per heavy atom. The lowest BCUT2D eigenvalue weighted by Gasteiger charge is -2.07. The van der Waals surface area contributed by atoms with E-state index in [1.165, 1.54) is 5.56 Å². The lowest BCUT2D eigenvalue weighted by atomic mass is 10.1. The van der Waals surface area contributed by atoms with E-state index in [2.05, 4.69) is 10.5 Å². The summed E-state index contributed by atoms with van der Waals surface area (Å²) >= 11 is 0. The second-order valence-electron chi connectivity index (χ2n) is 4.56. The number of phenols is 1. The van der Waals surface area contributed by atoms with Gasteiger partial charge in [0, 0.05) is 11.6 Å². The van der Waals surface area contributed by atoms with Crippen LogP contribution in [0.5, 0.6) is 11.5 Å². The number of nitrogens with zero attached hydrogens (tertiary/aromatic N) is 1. The molecule has 2 aromatic carbocycles. The minimum absolute atomic E-state index is 0.149. The van der Waals surface area contributed by atoms with Gasteiger partial charge < -0.3 is 9.84 Å². The Labute approximate surface area is 118 Å². The van der Waals surface area contributed by atoms with Crippen molar-refractivity contribution in [2.45, 2.75) is 13.8 Å². The summed E-state index contributed by atoms with van der Waals surface area (Å²) in [6.45, 7) is 3.87. The number of anilines is 1. The minimum atomic E-state index is 0.149. The standard InChI is InChI=1S/C16H18N2O2/c1-11-4-6-13(7-5-11)18-17-12(2)15-9-8-14(20-3)10-16(15)19/h4-10,18-19H,1-3H3/b17-12+. The summed E-state index contributed by atoms with van der Waals surface area (Å²) in [5.41, 5.74) is 6.45. The van der Waals surface area contributed by atoms with Crippen LogP contribution in [-0.4, -0.2) is 17.9 Å². The summed E-state index contributed by atoms with van der Waals surface area (Å²) in [5, 5.41) is 14.2. The molecule has 2 N–H and O–H groups in total. The largest absolute Gasteiger partial charge is 0.507 e. The molecule has 0 saturated carbocycles. The fourth-order valence-electron chi connectivity index (χ4n) is 1.78. The van der Waals surface area contributed by atoms with Crippen molar-refractivity contribution in [2.75, 3.05) is 12.5 Å². The number of aromatic hydroxyl groups is 1. The lowest BCUT2D eigenvalue weighted by Crippen LogP contribution is -2.00. The predicted molar refractivity (Wildman–Crippen MR) is 81.7 cm³/mol. The monoisotopic (exact) mass is 270 g/mol. The molecule has 0 radical (unpaired) electrons. The van der Waals surface area contributed by atoms with Crippen molar-refractivity contribution in [2.24, 2.45) is 5.10 Å². The van der Waals surface area contributed by atoms with Crippen LogP contribution in [0.4, 0.5) is 5.69 Å². The minimum Gasteiger partial charge on any atom is -0.507 e. The zero-order valence-electron chi connectivity index (χ0n) is 11.8. The molecule has 0 unspecified atom stereocenters. The second-order valence-corrected chi connectivity index (χ2v) is 4.56. The molecule has 0 heterocycles. The molecule has 0 aliphatic carbocycles. The summed E-state index contributed by atoms with van der Waals surface area (Å²) < 4.78 is 5.05. The van der Waals surface area contributed by atoms with E-state index < -0.39 is 0 Å². The zero-order chi connectivity index (χ0) is 14.5. The smallest absolute Gasteiger partial charge is 0.128 e. The van der Waals surface area contributed by atoms with Gasteiger partial charge in [-0.2, -0.15) is 5.10 Å². The molecule has 0 saturated heterocycles. The summed E-state index contributed by atoms with van der Waals surface area (Å²) in [6, 6.07) is 13.1. The molecule has 104 valence electrons. The Balaban J connectivity index is 2.16. The Morgan fingerprint density at radius 2 is 1.85 bits per heavy atom. The zero-order valence-corrected chi connectivity index (χ0v) is 11.8. The van der Waals surface area contributed by atoms with E-state index in [0.717, 1.165) is 5.69 Å². The van der Waals surface area contributed by atoms with Crippen molar-refractivity contribution in [3.8, 4) is 11.5 Å². The number of hydrogen-bond acceptors (Lipinski definition) is 4.